The first-order valence-electron chi connectivity index (χ1n) is 8.62. The lowest BCUT2D eigenvalue weighted by Crippen LogP contribution is -2.51. The number of morpholine rings is 1. The molecule has 0 N–H and O–H groups in total. The average molecular weight is 359 g/mol. The third-order valence-electron chi connectivity index (χ3n) is 4.06. The van der Waals surface area contributed by atoms with Crippen molar-refractivity contribution in [3.8, 4) is 10.4 Å². The first-order valence-corrected chi connectivity index (χ1v) is 9.50. The second kappa shape index (κ2) is 7.58. The molecule has 1 atom stereocenters. The van der Waals surface area contributed by atoms with Gasteiger partial charge in [0.25, 0.3) is 0 Å². The second-order valence-electron chi connectivity index (χ2n) is 7.28. The Hall–Kier alpha value is -1.85. The van der Waals surface area contributed by atoms with E-state index in [0.717, 1.165) is 6.42 Å². The van der Waals surface area contributed by atoms with Crippen LogP contribution in [-0.4, -0.2) is 42.4 Å². The molecule has 1 aliphatic rings. The van der Waals surface area contributed by atoms with Gasteiger partial charge >= 0.3 is 6.09 Å². The number of nitrogens with zero attached hydrogens (tertiary/aromatic N) is 1. The lowest BCUT2D eigenvalue weighted by molar-refractivity contribution is -0.0319. The van der Waals surface area contributed by atoms with Gasteiger partial charge in [-0.1, -0.05) is 30.3 Å². The maximum absolute atomic E-state index is 12.5. The van der Waals surface area contributed by atoms with E-state index in [9.17, 15) is 4.79 Å². The highest BCUT2D eigenvalue weighted by Crippen LogP contribution is 2.26. The number of hydrogen-bond donors (Lipinski definition) is 0. The third-order valence-corrected chi connectivity index (χ3v) is 4.98. The molecule has 1 aromatic carbocycles. The molecular weight excluding hydrogens is 334 g/mol. The lowest BCUT2D eigenvalue weighted by atomic mass is 10.0. The van der Waals surface area contributed by atoms with Crippen LogP contribution in [0, 0.1) is 0 Å². The molecule has 1 amide bonds. The monoisotopic (exact) mass is 359 g/mol. The highest BCUT2D eigenvalue weighted by Gasteiger charge is 2.31. The summed E-state index contributed by atoms with van der Waals surface area (Å²) in [5.74, 6) is 0. The molecule has 1 saturated heterocycles. The van der Waals surface area contributed by atoms with Crippen molar-refractivity contribution in [1.29, 1.82) is 0 Å². The standard InChI is InChI=1S/C20H25NO3S/c1-20(2,3)24-19(22)21-9-10-23-14-17(21)13-15-6-4-7-16(12-15)18-8-5-11-25-18/h4-8,11-12,17H,9-10,13-14H2,1-3H3/t17-/m1/s1. The van der Waals surface area contributed by atoms with Crippen molar-refractivity contribution in [3.63, 3.8) is 0 Å². The summed E-state index contributed by atoms with van der Waals surface area (Å²) < 4.78 is 11.2. The van der Waals surface area contributed by atoms with Crippen LogP contribution < -0.4 is 0 Å². The molecule has 5 heteroatoms. The molecule has 1 aromatic heterocycles. The summed E-state index contributed by atoms with van der Waals surface area (Å²) in [6.07, 6.45) is 0.508. The van der Waals surface area contributed by atoms with Gasteiger partial charge < -0.3 is 14.4 Å². The largest absolute Gasteiger partial charge is 0.444 e. The van der Waals surface area contributed by atoms with Gasteiger partial charge in [0.15, 0.2) is 0 Å². The van der Waals surface area contributed by atoms with E-state index in [-0.39, 0.29) is 12.1 Å². The molecule has 1 fully saturated rings. The summed E-state index contributed by atoms with van der Waals surface area (Å²) >= 11 is 1.73. The number of thiophene rings is 1. The van der Waals surface area contributed by atoms with E-state index >= 15 is 0 Å². The van der Waals surface area contributed by atoms with E-state index in [1.165, 1.54) is 16.0 Å². The number of carbonyl (C=O) groups excluding carboxylic acids is 1. The normalized spacial score (nSPS) is 18.2. The van der Waals surface area contributed by atoms with Crippen molar-refractivity contribution in [2.24, 2.45) is 0 Å². The molecule has 1 aliphatic heterocycles. The van der Waals surface area contributed by atoms with E-state index in [1.807, 2.05) is 25.7 Å². The van der Waals surface area contributed by atoms with Crippen molar-refractivity contribution in [2.75, 3.05) is 19.8 Å². The minimum absolute atomic E-state index is 0.00202. The predicted octanol–water partition coefficient (Wildman–Crippen LogP) is 4.59. The topological polar surface area (TPSA) is 38.8 Å². The Morgan fingerprint density at radius 1 is 1.32 bits per heavy atom. The molecule has 134 valence electrons. The van der Waals surface area contributed by atoms with Crippen molar-refractivity contribution >= 4 is 17.4 Å². The van der Waals surface area contributed by atoms with Crippen LogP contribution >= 0.6 is 11.3 Å². The van der Waals surface area contributed by atoms with Crippen molar-refractivity contribution in [1.82, 2.24) is 4.90 Å². The summed E-state index contributed by atoms with van der Waals surface area (Å²) in [4.78, 5) is 15.6. The van der Waals surface area contributed by atoms with Crippen LogP contribution in [0.2, 0.25) is 0 Å². The van der Waals surface area contributed by atoms with Crippen LogP contribution in [0.4, 0.5) is 4.79 Å². The summed E-state index contributed by atoms with van der Waals surface area (Å²) in [6.45, 7) is 7.36. The Bertz CT molecular complexity index is 706. The van der Waals surface area contributed by atoms with Crippen LogP contribution in [0.1, 0.15) is 26.3 Å². The van der Waals surface area contributed by atoms with Crippen LogP contribution in [0.15, 0.2) is 41.8 Å². The van der Waals surface area contributed by atoms with Gasteiger partial charge in [-0.25, -0.2) is 4.79 Å². The minimum atomic E-state index is -0.487. The summed E-state index contributed by atoms with van der Waals surface area (Å²) in [6, 6.07) is 12.7. The zero-order valence-corrected chi connectivity index (χ0v) is 15.8. The fourth-order valence-electron chi connectivity index (χ4n) is 2.95. The lowest BCUT2D eigenvalue weighted by Gasteiger charge is -2.36. The fourth-order valence-corrected chi connectivity index (χ4v) is 3.68. The second-order valence-corrected chi connectivity index (χ2v) is 8.23. The molecule has 0 saturated carbocycles. The third kappa shape index (κ3) is 4.83. The molecule has 2 heterocycles. The Morgan fingerprint density at radius 2 is 2.16 bits per heavy atom. The molecule has 0 spiro atoms. The van der Waals surface area contributed by atoms with Crippen molar-refractivity contribution < 1.29 is 14.3 Å². The fraction of sp³-hybridized carbons (Fsp3) is 0.450. The SMILES string of the molecule is CC(C)(C)OC(=O)N1CCOC[C@H]1Cc1cccc(-c2cccs2)c1. The van der Waals surface area contributed by atoms with E-state index in [2.05, 4.69) is 41.8 Å². The van der Waals surface area contributed by atoms with E-state index in [1.54, 1.807) is 11.3 Å². The summed E-state index contributed by atoms with van der Waals surface area (Å²) in [5.41, 5.74) is 1.93. The van der Waals surface area contributed by atoms with Crippen LogP contribution in [0.25, 0.3) is 10.4 Å². The Labute approximate surface area is 153 Å². The van der Waals surface area contributed by atoms with Gasteiger partial charge in [0, 0.05) is 11.4 Å². The predicted molar refractivity (Wildman–Crippen MR) is 101 cm³/mol. The number of benzene rings is 1. The average Bonchev–Trinajstić information content (AvgIpc) is 3.08. The number of rotatable bonds is 3. The van der Waals surface area contributed by atoms with Gasteiger partial charge in [-0.2, -0.15) is 0 Å². The number of ether oxygens (including phenoxy) is 2. The van der Waals surface area contributed by atoms with E-state index < -0.39 is 5.60 Å². The van der Waals surface area contributed by atoms with Gasteiger partial charge in [-0.15, -0.1) is 11.3 Å². The quantitative estimate of drug-likeness (QED) is 0.804. The molecule has 0 unspecified atom stereocenters. The van der Waals surface area contributed by atoms with Crippen molar-refractivity contribution in [3.05, 3.63) is 47.3 Å². The molecule has 2 aromatic rings. The van der Waals surface area contributed by atoms with Gasteiger partial charge in [-0.3, -0.25) is 0 Å². The van der Waals surface area contributed by atoms with Gasteiger partial charge in [0.05, 0.1) is 19.3 Å². The molecule has 25 heavy (non-hydrogen) atoms. The minimum Gasteiger partial charge on any atom is -0.444 e. The highest BCUT2D eigenvalue weighted by atomic mass is 32.1. The molecular formula is C20H25NO3S. The van der Waals surface area contributed by atoms with Crippen LogP contribution in [-0.2, 0) is 15.9 Å². The Morgan fingerprint density at radius 3 is 2.88 bits per heavy atom. The van der Waals surface area contributed by atoms with Gasteiger partial charge in [0.2, 0.25) is 0 Å². The molecule has 0 radical (unpaired) electrons. The smallest absolute Gasteiger partial charge is 0.410 e. The molecule has 0 aliphatic carbocycles. The number of carbonyl (C=O) groups is 1. The number of amides is 1. The molecule has 3 rings (SSSR count). The molecule has 4 nitrogen and oxygen atoms in total. The summed E-state index contributed by atoms with van der Waals surface area (Å²) in [5, 5.41) is 2.08. The van der Waals surface area contributed by atoms with Gasteiger partial charge in [-0.05, 0) is 49.8 Å². The maximum atomic E-state index is 12.5. The first kappa shape index (κ1) is 18.0. The van der Waals surface area contributed by atoms with E-state index in [0.29, 0.717) is 19.8 Å². The zero-order valence-electron chi connectivity index (χ0n) is 15.0. The summed E-state index contributed by atoms with van der Waals surface area (Å²) in [7, 11) is 0. The number of hydrogen-bond acceptors (Lipinski definition) is 4. The maximum Gasteiger partial charge on any atom is 0.410 e. The van der Waals surface area contributed by atoms with Gasteiger partial charge in [0.1, 0.15) is 5.60 Å². The van der Waals surface area contributed by atoms with Crippen molar-refractivity contribution in [2.45, 2.75) is 38.8 Å². The zero-order chi connectivity index (χ0) is 17.9. The highest BCUT2D eigenvalue weighted by molar-refractivity contribution is 7.13. The van der Waals surface area contributed by atoms with Crippen LogP contribution in [0.5, 0.6) is 0 Å². The Kier molecular flexibility index (Phi) is 5.45. The van der Waals surface area contributed by atoms with E-state index in [4.69, 9.17) is 9.47 Å². The Balaban J connectivity index is 1.73. The first-order chi connectivity index (χ1) is 11.9. The molecule has 0 bridgehead atoms. The van der Waals surface area contributed by atoms with Crippen LogP contribution in [0.3, 0.4) is 0 Å².